The molecule has 0 saturated heterocycles. The van der Waals surface area contributed by atoms with Crippen molar-refractivity contribution in [2.24, 2.45) is 11.7 Å². The van der Waals surface area contributed by atoms with Gasteiger partial charge in [0.25, 0.3) is 0 Å². The average molecular weight is 282 g/mol. The van der Waals surface area contributed by atoms with Crippen LogP contribution in [0.2, 0.25) is 0 Å². The molecule has 1 saturated carbocycles. The SMILES string of the molecule is NCCCCc1nnc(NC(=O)C2CCCCC2)s1. The van der Waals surface area contributed by atoms with Gasteiger partial charge >= 0.3 is 0 Å². The lowest BCUT2D eigenvalue weighted by atomic mass is 9.89. The van der Waals surface area contributed by atoms with Crippen LogP contribution in [0.1, 0.15) is 50.0 Å². The minimum Gasteiger partial charge on any atom is -0.330 e. The molecule has 1 aliphatic carbocycles. The average Bonchev–Trinajstić information content (AvgIpc) is 2.88. The van der Waals surface area contributed by atoms with Crippen molar-refractivity contribution in [2.75, 3.05) is 11.9 Å². The molecule has 1 amide bonds. The van der Waals surface area contributed by atoms with Gasteiger partial charge in [-0.05, 0) is 32.2 Å². The summed E-state index contributed by atoms with van der Waals surface area (Å²) >= 11 is 1.48. The Morgan fingerprint density at radius 2 is 2.05 bits per heavy atom. The molecule has 0 spiro atoms. The number of carbonyl (C=O) groups excluding carboxylic acids is 1. The van der Waals surface area contributed by atoms with Crippen LogP contribution in [0.3, 0.4) is 0 Å². The minimum atomic E-state index is 0.115. The Hall–Kier alpha value is -1.01. The van der Waals surface area contributed by atoms with Gasteiger partial charge in [-0.2, -0.15) is 0 Å². The second-order valence-corrected chi connectivity index (χ2v) is 6.13. The van der Waals surface area contributed by atoms with Crippen LogP contribution in [-0.2, 0) is 11.2 Å². The Morgan fingerprint density at radius 1 is 1.26 bits per heavy atom. The van der Waals surface area contributed by atoms with E-state index in [9.17, 15) is 4.79 Å². The van der Waals surface area contributed by atoms with Gasteiger partial charge in [0.2, 0.25) is 11.0 Å². The number of aromatic nitrogens is 2. The summed E-state index contributed by atoms with van der Waals surface area (Å²) in [6, 6.07) is 0. The summed E-state index contributed by atoms with van der Waals surface area (Å²) in [7, 11) is 0. The normalized spacial score (nSPS) is 16.5. The summed E-state index contributed by atoms with van der Waals surface area (Å²) in [6.07, 6.45) is 8.53. The number of amides is 1. The van der Waals surface area contributed by atoms with Crippen LogP contribution in [0.4, 0.5) is 5.13 Å². The van der Waals surface area contributed by atoms with E-state index >= 15 is 0 Å². The van der Waals surface area contributed by atoms with Crippen LogP contribution >= 0.6 is 11.3 Å². The van der Waals surface area contributed by atoms with E-state index in [1.54, 1.807) is 0 Å². The Bertz CT molecular complexity index is 401. The van der Waals surface area contributed by atoms with Crippen molar-refractivity contribution in [1.82, 2.24) is 10.2 Å². The van der Waals surface area contributed by atoms with Crippen LogP contribution in [-0.4, -0.2) is 22.6 Å². The molecule has 3 N–H and O–H groups in total. The third kappa shape index (κ3) is 4.54. The fourth-order valence-electron chi connectivity index (χ4n) is 2.40. The molecule has 0 aromatic carbocycles. The predicted octanol–water partition coefficient (Wildman–Crippen LogP) is 2.34. The van der Waals surface area contributed by atoms with Crippen molar-refractivity contribution in [3.63, 3.8) is 0 Å². The second kappa shape index (κ2) is 7.55. The topological polar surface area (TPSA) is 80.9 Å². The van der Waals surface area contributed by atoms with Gasteiger partial charge in [-0.25, -0.2) is 0 Å². The summed E-state index contributed by atoms with van der Waals surface area (Å²) in [4.78, 5) is 12.0. The molecule has 0 aliphatic heterocycles. The van der Waals surface area contributed by atoms with Crippen LogP contribution in [0.25, 0.3) is 0 Å². The van der Waals surface area contributed by atoms with E-state index in [1.807, 2.05) is 0 Å². The van der Waals surface area contributed by atoms with Crippen LogP contribution in [0.5, 0.6) is 0 Å². The van der Waals surface area contributed by atoms with Gasteiger partial charge in [0.05, 0.1) is 0 Å². The standard InChI is InChI=1S/C13H22N4OS/c14-9-5-4-8-11-16-17-13(19-11)15-12(18)10-6-2-1-3-7-10/h10H,1-9,14H2,(H,15,17,18). The molecule has 1 aromatic heterocycles. The summed E-state index contributed by atoms with van der Waals surface area (Å²) < 4.78 is 0. The second-order valence-electron chi connectivity index (χ2n) is 5.07. The fraction of sp³-hybridized carbons (Fsp3) is 0.769. The number of unbranched alkanes of at least 4 members (excludes halogenated alkanes) is 1. The molecule has 2 rings (SSSR count). The molecule has 1 heterocycles. The zero-order valence-electron chi connectivity index (χ0n) is 11.2. The maximum atomic E-state index is 12.0. The highest BCUT2D eigenvalue weighted by atomic mass is 32.1. The molecule has 0 radical (unpaired) electrons. The molecular weight excluding hydrogens is 260 g/mol. The van der Waals surface area contributed by atoms with E-state index in [1.165, 1.54) is 30.6 Å². The van der Waals surface area contributed by atoms with E-state index in [0.717, 1.165) is 37.1 Å². The monoisotopic (exact) mass is 282 g/mol. The first-order chi connectivity index (χ1) is 9.29. The minimum absolute atomic E-state index is 0.115. The van der Waals surface area contributed by atoms with E-state index in [-0.39, 0.29) is 11.8 Å². The summed E-state index contributed by atoms with van der Waals surface area (Å²) in [6.45, 7) is 0.712. The lowest BCUT2D eigenvalue weighted by molar-refractivity contribution is -0.120. The maximum absolute atomic E-state index is 12.0. The molecule has 6 heteroatoms. The maximum Gasteiger partial charge on any atom is 0.229 e. The molecule has 1 fully saturated rings. The Labute approximate surface area is 118 Å². The predicted molar refractivity (Wildman–Crippen MR) is 77.1 cm³/mol. The number of aryl methyl sites for hydroxylation is 1. The molecule has 106 valence electrons. The van der Waals surface area contributed by atoms with Crippen molar-refractivity contribution in [2.45, 2.75) is 51.4 Å². The quantitative estimate of drug-likeness (QED) is 0.785. The zero-order chi connectivity index (χ0) is 13.5. The molecule has 19 heavy (non-hydrogen) atoms. The first-order valence-electron chi connectivity index (χ1n) is 7.13. The Balaban J connectivity index is 1.80. The van der Waals surface area contributed by atoms with Gasteiger partial charge < -0.3 is 11.1 Å². The van der Waals surface area contributed by atoms with Crippen molar-refractivity contribution in [3.05, 3.63) is 5.01 Å². The summed E-state index contributed by atoms with van der Waals surface area (Å²) in [5.74, 6) is 0.280. The van der Waals surface area contributed by atoms with Crippen LogP contribution < -0.4 is 11.1 Å². The summed E-state index contributed by atoms with van der Waals surface area (Å²) in [5.41, 5.74) is 5.46. The highest BCUT2D eigenvalue weighted by Crippen LogP contribution is 2.25. The van der Waals surface area contributed by atoms with E-state index in [4.69, 9.17) is 5.73 Å². The smallest absolute Gasteiger partial charge is 0.229 e. The lowest BCUT2D eigenvalue weighted by Gasteiger charge is -2.19. The number of hydrogen-bond donors (Lipinski definition) is 2. The van der Waals surface area contributed by atoms with Gasteiger partial charge in [0.15, 0.2) is 0 Å². The Kier molecular flexibility index (Phi) is 5.72. The van der Waals surface area contributed by atoms with Gasteiger partial charge in [0.1, 0.15) is 5.01 Å². The summed E-state index contributed by atoms with van der Waals surface area (Å²) in [5, 5.41) is 12.7. The van der Waals surface area contributed by atoms with Gasteiger partial charge in [-0.15, -0.1) is 10.2 Å². The highest BCUT2D eigenvalue weighted by Gasteiger charge is 2.22. The number of nitrogens with one attached hydrogen (secondary N) is 1. The first kappa shape index (κ1) is 14.4. The van der Waals surface area contributed by atoms with Crippen molar-refractivity contribution < 1.29 is 4.79 Å². The van der Waals surface area contributed by atoms with E-state index in [0.29, 0.717) is 11.7 Å². The number of nitrogens with zero attached hydrogens (tertiary/aromatic N) is 2. The van der Waals surface area contributed by atoms with Crippen molar-refractivity contribution in [3.8, 4) is 0 Å². The molecule has 1 aliphatic rings. The fourth-order valence-corrected chi connectivity index (χ4v) is 3.18. The molecule has 0 bridgehead atoms. The molecule has 5 nitrogen and oxygen atoms in total. The molecule has 1 aromatic rings. The molecule has 0 unspecified atom stereocenters. The largest absolute Gasteiger partial charge is 0.330 e. The Morgan fingerprint density at radius 3 is 2.79 bits per heavy atom. The van der Waals surface area contributed by atoms with E-state index < -0.39 is 0 Å². The number of nitrogens with two attached hydrogens (primary N) is 1. The van der Waals surface area contributed by atoms with Crippen LogP contribution in [0.15, 0.2) is 0 Å². The van der Waals surface area contributed by atoms with Gasteiger partial charge in [-0.3, -0.25) is 4.79 Å². The van der Waals surface area contributed by atoms with Gasteiger partial charge in [0, 0.05) is 12.3 Å². The van der Waals surface area contributed by atoms with Crippen LogP contribution in [0, 0.1) is 5.92 Å². The third-order valence-electron chi connectivity index (χ3n) is 3.52. The number of hydrogen-bond acceptors (Lipinski definition) is 5. The number of carbonyl (C=O) groups is 1. The third-order valence-corrected chi connectivity index (χ3v) is 4.42. The van der Waals surface area contributed by atoms with Crippen molar-refractivity contribution >= 4 is 22.4 Å². The molecular formula is C13H22N4OS. The zero-order valence-corrected chi connectivity index (χ0v) is 12.0. The lowest BCUT2D eigenvalue weighted by Crippen LogP contribution is -2.24. The van der Waals surface area contributed by atoms with E-state index in [2.05, 4.69) is 15.5 Å². The van der Waals surface area contributed by atoms with Gasteiger partial charge in [-0.1, -0.05) is 30.6 Å². The first-order valence-corrected chi connectivity index (χ1v) is 7.94. The number of rotatable bonds is 6. The molecule has 0 atom stereocenters. The number of anilines is 1. The van der Waals surface area contributed by atoms with Crippen molar-refractivity contribution in [1.29, 1.82) is 0 Å². The highest BCUT2D eigenvalue weighted by molar-refractivity contribution is 7.15.